The van der Waals surface area contributed by atoms with Crippen LogP contribution >= 0.6 is 0 Å². The Morgan fingerprint density at radius 2 is 2.00 bits per heavy atom. The standard InChI is InChI=1S/C10H19N5O3/c1-7(17)15(5-6-16)9(18)8(11)3-2-4-14-10(12)13/h6,8H,2-5,11H2,1H3,(H4,12,13,14)/t8-/m1/s1. The zero-order valence-electron chi connectivity index (χ0n) is 10.3. The molecular weight excluding hydrogens is 238 g/mol. The molecule has 2 amide bonds. The highest BCUT2D eigenvalue weighted by molar-refractivity contribution is 5.98. The predicted octanol–water partition coefficient (Wildman–Crippen LogP) is -2.06. The average Bonchev–Trinajstić information content (AvgIpc) is 2.29. The zero-order chi connectivity index (χ0) is 14.1. The van der Waals surface area contributed by atoms with E-state index in [1.807, 2.05) is 0 Å². The molecule has 0 unspecified atom stereocenters. The van der Waals surface area contributed by atoms with Crippen molar-refractivity contribution in [3.63, 3.8) is 0 Å². The summed E-state index contributed by atoms with van der Waals surface area (Å²) in [7, 11) is 0. The Balaban J connectivity index is 4.26. The van der Waals surface area contributed by atoms with Crippen molar-refractivity contribution >= 4 is 24.1 Å². The number of hydrogen-bond donors (Lipinski definition) is 3. The number of aldehydes is 1. The molecule has 0 saturated carbocycles. The lowest BCUT2D eigenvalue weighted by Gasteiger charge is -2.20. The fourth-order valence-corrected chi connectivity index (χ4v) is 1.29. The minimum Gasteiger partial charge on any atom is -0.370 e. The summed E-state index contributed by atoms with van der Waals surface area (Å²) < 4.78 is 0. The summed E-state index contributed by atoms with van der Waals surface area (Å²) in [6.45, 7) is 1.28. The third-order valence-electron chi connectivity index (χ3n) is 2.19. The molecule has 0 saturated heterocycles. The van der Waals surface area contributed by atoms with Crippen molar-refractivity contribution in [2.75, 3.05) is 13.1 Å². The molecule has 0 heterocycles. The van der Waals surface area contributed by atoms with E-state index in [0.29, 0.717) is 25.7 Å². The Kier molecular flexibility index (Phi) is 7.29. The van der Waals surface area contributed by atoms with Crippen molar-refractivity contribution in [1.82, 2.24) is 4.90 Å². The van der Waals surface area contributed by atoms with Crippen LogP contribution in [0.4, 0.5) is 0 Å². The monoisotopic (exact) mass is 257 g/mol. The summed E-state index contributed by atoms with van der Waals surface area (Å²) in [4.78, 5) is 37.8. The number of rotatable bonds is 7. The molecule has 0 aromatic heterocycles. The number of guanidine groups is 1. The van der Waals surface area contributed by atoms with Gasteiger partial charge in [0.25, 0.3) is 0 Å². The minimum atomic E-state index is -0.844. The third-order valence-corrected chi connectivity index (χ3v) is 2.19. The first kappa shape index (κ1) is 16.0. The normalized spacial score (nSPS) is 11.4. The van der Waals surface area contributed by atoms with Crippen LogP contribution in [0.3, 0.4) is 0 Å². The molecule has 0 aliphatic carbocycles. The van der Waals surface area contributed by atoms with Gasteiger partial charge < -0.3 is 22.0 Å². The summed E-state index contributed by atoms with van der Waals surface area (Å²) in [5.74, 6) is -1.10. The van der Waals surface area contributed by atoms with Crippen LogP contribution in [0.5, 0.6) is 0 Å². The lowest BCUT2D eigenvalue weighted by atomic mass is 10.1. The van der Waals surface area contributed by atoms with Crippen molar-refractivity contribution in [1.29, 1.82) is 0 Å². The van der Waals surface area contributed by atoms with Crippen LogP contribution in [0.25, 0.3) is 0 Å². The van der Waals surface area contributed by atoms with Gasteiger partial charge in [0.2, 0.25) is 11.8 Å². The summed E-state index contributed by atoms with van der Waals surface area (Å²) in [5.41, 5.74) is 15.9. The zero-order valence-corrected chi connectivity index (χ0v) is 10.3. The molecule has 0 aromatic carbocycles. The second kappa shape index (κ2) is 8.18. The number of hydrogen-bond acceptors (Lipinski definition) is 5. The largest absolute Gasteiger partial charge is 0.370 e. The second-order valence-electron chi connectivity index (χ2n) is 3.69. The SMILES string of the molecule is CC(=O)N(CC=O)C(=O)[C@H](N)CCCN=C(N)N. The molecule has 6 N–H and O–H groups in total. The maximum Gasteiger partial charge on any atom is 0.246 e. The lowest BCUT2D eigenvalue weighted by Crippen LogP contribution is -2.46. The quantitative estimate of drug-likeness (QED) is 0.207. The van der Waals surface area contributed by atoms with Gasteiger partial charge in [-0.3, -0.25) is 19.5 Å². The molecule has 8 nitrogen and oxygen atoms in total. The Hall–Kier alpha value is -1.96. The maximum atomic E-state index is 11.7. The number of carbonyl (C=O) groups is 3. The number of aliphatic imine (C=N–C) groups is 1. The van der Waals surface area contributed by atoms with Crippen LogP contribution in [0.2, 0.25) is 0 Å². The Morgan fingerprint density at radius 3 is 2.44 bits per heavy atom. The van der Waals surface area contributed by atoms with E-state index in [1.54, 1.807) is 0 Å². The van der Waals surface area contributed by atoms with E-state index in [2.05, 4.69) is 4.99 Å². The van der Waals surface area contributed by atoms with Gasteiger partial charge >= 0.3 is 0 Å². The van der Waals surface area contributed by atoms with Crippen molar-refractivity contribution in [2.45, 2.75) is 25.8 Å². The lowest BCUT2D eigenvalue weighted by molar-refractivity contribution is -0.145. The topological polar surface area (TPSA) is 145 Å². The molecule has 102 valence electrons. The van der Waals surface area contributed by atoms with Gasteiger partial charge in [-0.1, -0.05) is 0 Å². The van der Waals surface area contributed by atoms with Crippen LogP contribution in [-0.4, -0.2) is 48.1 Å². The highest BCUT2D eigenvalue weighted by Gasteiger charge is 2.23. The highest BCUT2D eigenvalue weighted by Crippen LogP contribution is 2.01. The molecule has 0 rings (SSSR count). The van der Waals surface area contributed by atoms with Gasteiger partial charge in [0, 0.05) is 13.5 Å². The minimum absolute atomic E-state index is 0.0267. The van der Waals surface area contributed by atoms with Crippen LogP contribution in [-0.2, 0) is 14.4 Å². The van der Waals surface area contributed by atoms with Gasteiger partial charge in [-0.2, -0.15) is 0 Å². The first-order chi connectivity index (χ1) is 8.40. The summed E-state index contributed by atoms with van der Waals surface area (Å²) in [6, 6.07) is -0.844. The van der Waals surface area contributed by atoms with Crippen molar-refractivity contribution in [3.05, 3.63) is 0 Å². The Bertz CT molecular complexity index is 338. The number of imide groups is 1. The van der Waals surface area contributed by atoms with Gasteiger partial charge in [0.15, 0.2) is 5.96 Å². The fraction of sp³-hybridized carbons (Fsp3) is 0.600. The maximum absolute atomic E-state index is 11.7. The molecule has 0 radical (unpaired) electrons. The van der Waals surface area contributed by atoms with Crippen LogP contribution in [0.15, 0.2) is 4.99 Å². The van der Waals surface area contributed by atoms with E-state index >= 15 is 0 Å². The van der Waals surface area contributed by atoms with E-state index < -0.39 is 17.9 Å². The molecule has 0 bridgehead atoms. The van der Waals surface area contributed by atoms with Crippen molar-refractivity contribution in [2.24, 2.45) is 22.2 Å². The van der Waals surface area contributed by atoms with Gasteiger partial charge in [0.05, 0.1) is 12.6 Å². The number of nitrogens with zero attached hydrogens (tertiary/aromatic N) is 2. The third kappa shape index (κ3) is 5.94. The van der Waals surface area contributed by atoms with Gasteiger partial charge in [-0.05, 0) is 12.8 Å². The molecule has 8 heteroatoms. The van der Waals surface area contributed by atoms with E-state index in [9.17, 15) is 14.4 Å². The summed E-state index contributed by atoms with van der Waals surface area (Å²) >= 11 is 0. The van der Waals surface area contributed by atoms with Crippen LogP contribution in [0, 0.1) is 0 Å². The first-order valence-electron chi connectivity index (χ1n) is 5.46. The first-order valence-corrected chi connectivity index (χ1v) is 5.46. The molecule has 0 fully saturated rings. The van der Waals surface area contributed by atoms with Gasteiger partial charge in [0.1, 0.15) is 6.29 Å². The molecule has 0 aromatic rings. The van der Waals surface area contributed by atoms with Crippen molar-refractivity contribution in [3.8, 4) is 0 Å². The fourth-order valence-electron chi connectivity index (χ4n) is 1.29. The van der Waals surface area contributed by atoms with E-state index in [4.69, 9.17) is 17.2 Å². The molecule has 18 heavy (non-hydrogen) atoms. The molecular formula is C10H19N5O3. The smallest absolute Gasteiger partial charge is 0.246 e. The summed E-state index contributed by atoms with van der Waals surface area (Å²) in [6.07, 6.45) is 1.32. The summed E-state index contributed by atoms with van der Waals surface area (Å²) in [5, 5.41) is 0. The van der Waals surface area contributed by atoms with E-state index in [1.165, 1.54) is 6.92 Å². The van der Waals surface area contributed by atoms with E-state index in [0.717, 1.165) is 4.90 Å². The van der Waals surface area contributed by atoms with Gasteiger partial charge in [-0.15, -0.1) is 0 Å². The number of carbonyl (C=O) groups excluding carboxylic acids is 3. The number of amides is 2. The Morgan fingerprint density at radius 1 is 1.39 bits per heavy atom. The van der Waals surface area contributed by atoms with E-state index in [-0.39, 0.29) is 12.5 Å². The Labute approximate surface area is 105 Å². The average molecular weight is 257 g/mol. The number of nitrogens with two attached hydrogens (primary N) is 3. The molecule has 0 spiro atoms. The van der Waals surface area contributed by atoms with Crippen molar-refractivity contribution < 1.29 is 14.4 Å². The molecule has 1 atom stereocenters. The second-order valence-corrected chi connectivity index (χ2v) is 3.69. The molecule has 0 aliphatic heterocycles. The van der Waals surface area contributed by atoms with Gasteiger partial charge in [-0.25, -0.2) is 0 Å². The van der Waals surface area contributed by atoms with Crippen LogP contribution < -0.4 is 17.2 Å². The molecule has 0 aliphatic rings. The van der Waals surface area contributed by atoms with Crippen LogP contribution in [0.1, 0.15) is 19.8 Å². The predicted molar refractivity (Wildman–Crippen MR) is 66.3 cm³/mol. The highest BCUT2D eigenvalue weighted by atomic mass is 16.2.